The number of para-hydroxylation sites is 2. The Bertz CT molecular complexity index is 1470. The topological polar surface area (TPSA) is 43.6 Å². The number of hydrogen-bond donors (Lipinski definition) is 0. The molecule has 0 unspecified atom stereocenters. The second-order valence-corrected chi connectivity index (χ2v) is 9.44. The summed E-state index contributed by atoms with van der Waals surface area (Å²) in [5.41, 5.74) is 3.60. The maximum Gasteiger partial charge on any atom is 0.274 e. The van der Waals surface area contributed by atoms with Gasteiger partial charge in [-0.15, -0.1) is 0 Å². The second-order valence-electron chi connectivity index (χ2n) is 6.72. The molecule has 0 radical (unpaired) electrons. The van der Waals surface area contributed by atoms with E-state index in [4.69, 9.17) is 4.74 Å². The number of benzene rings is 3. The van der Waals surface area contributed by atoms with Crippen LogP contribution in [0.25, 0.3) is 22.1 Å². The summed E-state index contributed by atoms with van der Waals surface area (Å²) in [5.74, 6) is 0.727. The Hall–Kier alpha value is -2.48. The molecular formula is C23H14Br2N2O2S. The Labute approximate surface area is 192 Å². The van der Waals surface area contributed by atoms with Gasteiger partial charge >= 0.3 is 0 Å². The van der Waals surface area contributed by atoms with Crippen molar-refractivity contribution in [3.63, 3.8) is 0 Å². The van der Waals surface area contributed by atoms with Gasteiger partial charge in [-0.2, -0.15) is 0 Å². The molecule has 2 heterocycles. The van der Waals surface area contributed by atoms with E-state index >= 15 is 0 Å². The zero-order chi connectivity index (χ0) is 20.7. The third-order valence-electron chi connectivity index (χ3n) is 4.69. The van der Waals surface area contributed by atoms with Crippen LogP contribution in [0.4, 0.5) is 0 Å². The summed E-state index contributed by atoms with van der Waals surface area (Å²) < 4.78 is 9.93. The number of hydrogen-bond acceptors (Lipinski definition) is 4. The van der Waals surface area contributed by atoms with Crippen molar-refractivity contribution in [1.29, 1.82) is 0 Å². The number of imidazole rings is 1. The maximum atomic E-state index is 13.0. The van der Waals surface area contributed by atoms with Crippen LogP contribution in [0.5, 0.6) is 5.75 Å². The fraction of sp³-hybridized carbons (Fsp3) is 0.0435. The predicted molar refractivity (Wildman–Crippen MR) is 128 cm³/mol. The molecule has 0 saturated heterocycles. The molecule has 0 amide bonds. The highest BCUT2D eigenvalue weighted by molar-refractivity contribution is 9.11. The van der Waals surface area contributed by atoms with Crippen molar-refractivity contribution in [2.75, 3.05) is 0 Å². The van der Waals surface area contributed by atoms with Crippen molar-refractivity contribution in [3.05, 3.63) is 102 Å². The van der Waals surface area contributed by atoms with Gasteiger partial charge in [0, 0.05) is 0 Å². The maximum absolute atomic E-state index is 13.0. The van der Waals surface area contributed by atoms with Gasteiger partial charge in [-0.3, -0.25) is 4.79 Å². The quantitative estimate of drug-likeness (QED) is 0.299. The number of fused-ring (bicyclic) bond motifs is 3. The molecule has 0 N–H and O–H groups in total. The van der Waals surface area contributed by atoms with Crippen LogP contribution in [0.15, 0.2) is 80.5 Å². The Morgan fingerprint density at radius 3 is 2.47 bits per heavy atom. The molecule has 0 bridgehead atoms. The van der Waals surface area contributed by atoms with Crippen LogP contribution in [0, 0.1) is 0 Å². The van der Waals surface area contributed by atoms with E-state index in [0.717, 1.165) is 36.9 Å². The summed E-state index contributed by atoms with van der Waals surface area (Å²) in [7, 11) is 0. The lowest BCUT2D eigenvalue weighted by Crippen LogP contribution is -2.22. The molecule has 0 aliphatic rings. The van der Waals surface area contributed by atoms with Crippen molar-refractivity contribution in [2.45, 2.75) is 6.61 Å². The minimum absolute atomic E-state index is 0.0552. The minimum atomic E-state index is -0.0552. The fourth-order valence-electron chi connectivity index (χ4n) is 3.29. The van der Waals surface area contributed by atoms with Gasteiger partial charge in [-0.25, -0.2) is 9.38 Å². The second kappa shape index (κ2) is 7.98. The third-order valence-corrected chi connectivity index (χ3v) is 6.84. The van der Waals surface area contributed by atoms with Gasteiger partial charge in [-0.1, -0.05) is 53.8 Å². The lowest BCUT2D eigenvalue weighted by Gasteiger charge is -2.11. The molecule has 0 aliphatic carbocycles. The van der Waals surface area contributed by atoms with Crippen molar-refractivity contribution in [3.8, 4) is 5.75 Å². The molecule has 148 valence electrons. The molecule has 3 aromatic carbocycles. The standard InChI is InChI=1S/C23H14Br2N2O2S/c24-16-10-15(11-17(25)21(16)29-13-14-6-2-1-3-7-14)12-20-22(28)27-19-9-5-4-8-18(19)26-23(27)30-20/h1-12H,13H2/b20-12+. The fourth-order valence-corrected chi connectivity index (χ4v) is 5.73. The van der Waals surface area contributed by atoms with E-state index < -0.39 is 0 Å². The van der Waals surface area contributed by atoms with E-state index in [1.54, 1.807) is 4.40 Å². The summed E-state index contributed by atoms with van der Waals surface area (Å²) in [6.45, 7) is 0.473. The van der Waals surface area contributed by atoms with Crippen LogP contribution < -0.4 is 14.8 Å². The van der Waals surface area contributed by atoms with Gasteiger partial charge in [0.25, 0.3) is 5.56 Å². The smallest absolute Gasteiger partial charge is 0.274 e. The van der Waals surface area contributed by atoms with Gasteiger partial charge in [0.1, 0.15) is 12.4 Å². The minimum Gasteiger partial charge on any atom is -0.487 e. The predicted octanol–water partition coefficient (Wildman–Crippen LogP) is 5.56. The lowest BCUT2D eigenvalue weighted by atomic mass is 10.2. The molecular weight excluding hydrogens is 528 g/mol. The van der Waals surface area contributed by atoms with Crippen LogP contribution in [-0.4, -0.2) is 9.38 Å². The van der Waals surface area contributed by atoms with E-state index in [1.807, 2.05) is 72.8 Å². The molecule has 0 aliphatic heterocycles. The highest BCUT2D eigenvalue weighted by atomic mass is 79.9. The van der Waals surface area contributed by atoms with E-state index in [1.165, 1.54) is 11.3 Å². The molecule has 0 fully saturated rings. The molecule has 4 nitrogen and oxygen atoms in total. The number of halogens is 2. The summed E-state index contributed by atoms with van der Waals surface area (Å²) >= 11 is 8.58. The summed E-state index contributed by atoms with van der Waals surface area (Å²) in [5, 5.41) is 0. The zero-order valence-corrected chi connectivity index (χ0v) is 19.5. The van der Waals surface area contributed by atoms with E-state index in [0.29, 0.717) is 16.1 Å². The van der Waals surface area contributed by atoms with E-state index in [9.17, 15) is 4.79 Å². The molecule has 30 heavy (non-hydrogen) atoms. The number of ether oxygens (including phenoxy) is 1. The van der Waals surface area contributed by atoms with Crippen LogP contribution in [0.2, 0.25) is 0 Å². The van der Waals surface area contributed by atoms with Crippen molar-refractivity contribution < 1.29 is 4.74 Å². The summed E-state index contributed by atoms with van der Waals surface area (Å²) in [4.78, 5) is 18.2. The Kier molecular flexibility index (Phi) is 5.18. The lowest BCUT2D eigenvalue weighted by molar-refractivity contribution is 0.302. The average Bonchev–Trinajstić information content (AvgIpc) is 3.24. The SMILES string of the molecule is O=c1/c(=C\c2cc(Br)c(OCc3ccccc3)c(Br)c2)sc2nc3ccccc3n12. The normalized spacial score (nSPS) is 12.1. The first kappa shape index (κ1) is 19.5. The molecule has 0 atom stereocenters. The number of aromatic nitrogens is 2. The number of nitrogens with zero attached hydrogens (tertiary/aromatic N) is 2. The molecule has 7 heteroatoms. The van der Waals surface area contributed by atoms with Crippen LogP contribution in [0.3, 0.4) is 0 Å². The van der Waals surface area contributed by atoms with Crippen LogP contribution >= 0.6 is 43.2 Å². The van der Waals surface area contributed by atoms with Crippen molar-refractivity contribution in [2.24, 2.45) is 0 Å². The van der Waals surface area contributed by atoms with E-state index in [-0.39, 0.29) is 5.56 Å². The monoisotopic (exact) mass is 540 g/mol. The third kappa shape index (κ3) is 3.57. The highest BCUT2D eigenvalue weighted by Gasteiger charge is 2.12. The van der Waals surface area contributed by atoms with Gasteiger partial charge < -0.3 is 4.74 Å². The Balaban J connectivity index is 1.51. The number of thiazole rings is 1. The molecule has 0 saturated carbocycles. The first-order valence-corrected chi connectivity index (χ1v) is 11.6. The van der Waals surface area contributed by atoms with Gasteiger partial charge in [-0.05, 0) is 73.3 Å². The van der Waals surface area contributed by atoms with Crippen LogP contribution in [-0.2, 0) is 6.61 Å². The van der Waals surface area contributed by atoms with Gasteiger partial charge in [0.15, 0.2) is 4.96 Å². The first-order valence-electron chi connectivity index (χ1n) is 9.17. The van der Waals surface area contributed by atoms with Crippen LogP contribution in [0.1, 0.15) is 11.1 Å². The Morgan fingerprint density at radius 2 is 1.70 bits per heavy atom. The largest absolute Gasteiger partial charge is 0.487 e. The molecule has 5 rings (SSSR count). The average molecular weight is 542 g/mol. The van der Waals surface area contributed by atoms with Crippen molar-refractivity contribution >= 4 is 65.3 Å². The number of rotatable bonds is 4. The summed E-state index contributed by atoms with van der Waals surface area (Å²) in [6, 6.07) is 21.6. The zero-order valence-electron chi connectivity index (χ0n) is 15.5. The van der Waals surface area contributed by atoms with Gasteiger partial charge in [0.2, 0.25) is 0 Å². The first-order chi connectivity index (χ1) is 14.6. The molecule has 2 aromatic heterocycles. The molecule has 5 aromatic rings. The van der Waals surface area contributed by atoms with Gasteiger partial charge in [0.05, 0.1) is 24.5 Å². The molecule has 0 spiro atoms. The Morgan fingerprint density at radius 1 is 1.00 bits per heavy atom. The van der Waals surface area contributed by atoms with E-state index in [2.05, 4.69) is 36.8 Å². The highest BCUT2D eigenvalue weighted by Crippen LogP contribution is 2.35. The van der Waals surface area contributed by atoms with Crippen molar-refractivity contribution in [1.82, 2.24) is 9.38 Å². The summed E-state index contributed by atoms with van der Waals surface area (Å²) in [6.07, 6.45) is 1.88.